The summed E-state index contributed by atoms with van der Waals surface area (Å²) in [5, 5.41) is 2.82. The van der Waals surface area contributed by atoms with Crippen molar-refractivity contribution in [1.82, 2.24) is 5.32 Å². The minimum Gasteiger partial charge on any atom is -0.352 e. The molecule has 3 nitrogen and oxygen atoms in total. The number of amides is 2. The molecule has 3 heteroatoms. The zero-order valence-corrected chi connectivity index (χ0v) is 10.8. The van der Waals surface area contributed by atoms with Gasteiger partial charge in [0.05, 0.1) is 0 Å². The summed E-state index contributed by atoms with van der Waals surface area (Å²) in [7, 11) is 0. The zero-order chi connectivity index (χ0) is 13.5. The molecule has 0 aliphatic carbocycles. The fourth-order valence-corrected chi connectivity index (χ4v) is 2.17. The highest BCUT2D eigenvalue weighted by Crippen LogP contribution is 2.09. The monoisotopic (exact) mass is 254 g/mol. The molecule has 0 atom stereocenters. The highest BCUT2D eigenvalue weighted by atomic mass is 16.2. The van der Waals surface area contributed by atoms with Gasteiger partial charge >= 0.3 is 6.03 Å². The van der Waals surface area contributed by atoms with E-state index in [0.717, 1.165) is 12.8 Å². The summed E-state index contributed by atoms with van der Waals surface area (Å²) >= 11 is 0. The summed E-state index contributed by atoms with van der Waals surface area (Å²) in [6, 6.07) is 19.7. The lowest BCUT2D eigenvalue weighted by Crippen LogP contribution is -2.41. The molecule has 0 heterocycles. The Morgan fingerprint density at radius 1 is 0.895 bits per heavy atom. The number of nitrogens with two attached hydrogens (primary N) is 1. The molecule has 0 aliphatic heterocycles. The van der Waals surface area contributed by atoms with Gasteiger partial charge in [0, 0.05) is 6.04 Å². The predicted molar refractivity (Wildman–Crippen MR) is 76.8 cm³/mol. The normalized spacial score (nSPS) is 10.4. The van der Waals surface area contributed by atoms with Crippen LogP contribution in [0.15, 0.2) is 60.7 Å². The first-order chi connectivity index (χ1) is 9.24. The lowest BCUT2D eigenvalue weighted by atomic mass is 9.99. The Morgan fingerprint density at radius 2 is 1.32 bits per heavy atom. The smallest absolute Gasteiger partial charge is 0.312 e. The lowest BCUT2D eigenvalue weighted by molar-refractivity contribution is 0.245. The van der Waals surface area contributed by atoms with E-state index in [1.807, 2.05) is 36.4 Å². The van der Waals surface area contributed by atoms with Gasteiger partial charge in [-0.1, -0.05) is 60.7 Å². The van der Waals surface area contributed by atoms with Crippen molar-refractivity contribution in [2.24, 2.45) is 5.73 Å². The first-order valence-corrected chi connectivity index (χ1v) is 6.38. The first kappa shape index (κ1) is 13.1. The Hall–Kier alpha value is -2.29. The van der Waals surface area contributed by atoms with E-state index in [-0.39, 0.29) is 6.04 Å². The predicted octanol–water partition coefficient (Wildman–Crippen LogP) is 2.51. The van der Waals surface area contributed by atoms with E-state index in [4.69, 9.17) is 5.73 Å². The van der Waals surface area contributed by atoms with Crippen molar-refractivity contribution in [3.05, 3.63) is 71.8 Å². The SMILES string of the molecule is NC(=O)NC(Cc1ccccc1)Cc1ccccc1. The van der Waals surface area contributed by atoms with Crippen molar-refractivity contribution < 1.29 is 4.79 Å². The molecule has 2 rings (SSSR count). The van der Waals surface area contributed by atoms with Crippen LogP contribution in [0.4, 0.5) is 4.79 Å². The second-order valence-corrected chi connectivity index (χ2v) is 4.58. The summed E-state index contributed by atoms with van der Waals surface area (Å²) in [6.07, 6.45) is 1.55. The third-order valence-electron chi connectivity index (χ3n) is 3.00. The van der Waals surface area contributed by atoms with Crippen LogP contribution in [0.5, 0.6) is 0 Å². The Labute approximate surface area is 113 Å². The second-order valence-electron chi connectivity index (χ2n) is 4.58. The number of carbonyl (C=O) groups is 1. The largest absolute Gasteiger partial charge is 0.352 e. The molecular formula is C16H18N2O. The molecule has 3 N–H and O–H groups in total. The van der Waals surface area contributed by atoms with E-state index < -0.39 is 6.03 Å². The zero-order valence-electron chi connectivity index (χ0n) is 10.8. The summed E-state index contributed by atoms with van der Waals surface area (Å²) in [4.78, 5) is 11.1. The Morgan fingerprint density at radius 3 is 1.68 bits per heavy atom. The molecule has 0 saturated heterocycles. The molecule has 2 aromatic rings. The average molecular weight is 254 g/mol. The average Bonchev–Trinajstić information content (AvgIpc) is 2.40. The molecule has 0 saturated carbocycles. The molecule has 2 aromatic carbocycles. The number of nitrogens with one attached hydrogen (secondary N) is 1. The number of carbonyl (C=O) groups excluding carboxylic acids is 1. The number of primary amides is 1. The first-order valence-electron chi connectivity index (χ1n) is 6.38. The van der Waals surface area contributed by atoms with Gasteiger partial charge in [-0.3, -0.25) is 0 Å². The molecule has 2 amide bonds. The molecule has 0 aromatic heterocycles. The van der Waals surface area contributed by atoms with Gasteiger partial charge in [-0.15, -0.1) is 0 Å². The van der Waals surface area contributed by atoms with Crippen LogP contribution in [0.25, 0.3) is 0 Å². The van der Waals surface area contributed by atoms with E-state index >= 15 is 0 Å². The molecule has 98 valence electrons. The topological polar surface area (TPSA) is 55.1 Å². The van der Waals surface area contributed by atoms with Gasteiger partial charge in [0.2, 0.25) is 0 Å². The van der Waals surface area contributed by atoms with Crippen molar-refractivity contribution in [3.63, 3.8) is 0 Å². The van der Waals surface area contributed by atoms with Crippen LogP contribution >= 0.6 is 0 Å². The van der Waals surface area contributed by atoms with E-state index in [1.54, 1.807) is 0 Å². The molecule has 0 aliphatic rings. The van der Waals surface area contributed by atoms with Crippen LogP contribution < -0.4 is 11.1 Å². The van der Waals surface area contributed by atoms with Gasteiger partial charge in [-0.25, -0.2) is 4.79 Å². The molecular weight excluding hydrogens is 236 g/mol. The van der Waals surface area contributed by atoms with Crippen LogP contribution in [0.1, 0.15) is 11.1 Å². The Bertz CT molecular complexity index is 469. The number of hydrogen-bond donors (Lipinski definition) is 2. The fraction of sp³-hybridized carbons (Fsp3) is 0.188. The lowest BCUT2D eigenvalue weighted by Gasteiger charge is -2.17. The maximum absolute atomic E-state index is 11.1. The van der Waals surface area contributed by atoms with Crippen LogP contribution in [-0.4, -0.2) is 12.1 Å². The molecule has 19 heavy (non-hydrogen) atoms. The van der Waals surface area contributed by atoms with Crippen molar-refractivity contribution in [1.29, 1.82) is 0 Å². The van der Waals surface area contributed by atoms with Gasteiger partial charge in [-0.2, -0.15) is 0 Å². The molecule has 0 bridgehead atoms. The molecule has 0 fully saturated rings. The van der Waals surface area contributed by atoms with E-state index in [9.17, 15) is 4.79 Å². The van der Waals surface area contributed by atoms with E-state index in [2.05, 4.69) is 29.6 Å². The van der Waals surface area contributed by atoms with Crippen molar-refractivity contribution in [2.45, 2.75) is 18.9 Å². The maximum Gasteiger partial charge on any atom is 0.312 e. The number of urea groups is 1. The number of hydrogen-bond acceptors (Lipinski definition) is 1. The van der Waals surface area contributed by atoms with E-state index in [0.29, 0.717) is 0 Å². The Kier molecular flexibility index (Phi) is 4.56. The minimum absolute atomic E-state index is 0.0160. The molecule has 0 spiro atoms. The van der Waals surface area contributed by atoms with Crippen LogP contribution in [0.2, 0.25) is 0 Å². The van der Waals surface area contributed by atoms with Gasteiger partial charge in [-0.05, 0) is 24.0 Å². The number of rotatable bonds is 5. The van der Waals surface area contributed by atoms with Gasteiger partial charge < -0.3 is 11.1 Å². The summed E-state index contributed by atoms with van der Waals surface area (Å²) < 4.78 is 0. The summed E-state index contributed by atoms with van der Waals surface area (Å²) in [5.41, 5.74) is 7.63. The standard InChI is InChI=1S/C16H18N2O/c17-16(19)18-15(11-13-7-3-1-4-8-13)12-14-9-5-2-6-10-14/h1-10,15H,11-12H2,(H3,17,18,19). The highest BCUT2D eigenvalue weighted by Gasteiger charge is 2.12. The van der Waals surface area contributed by atoms with Crippen LogP contribution in [0.3, 0.4) is 0 Å². The number of benzene rings is 2. The van der Waals surface area contributed by atoms with Gasteiger partial charge in [0.15, 0.2) is 0 Å². The molecule has 0 radical (unpaired) electrons. The fourth-order valence-electron chi connectivity index (χ4n) is 2.17. The van der Waals surface area contributed by atoms with Crippen molar-refractivity contribution in [3.8, 4) is 0 Å². The van der Waals surface area contributed by atoms with E-state index in [1.165, 1.54) is 11.1 Å². The maximum atomic E-state index is 11.1. The van der Waals surface area contributed by atoms with Crippen molar-refractivity contribution in [2.75, 3.05) is 0 Å². The van der Waals surface area contributed by atoms with Gasteiger partial charge in [0.25, 0.3) is 0 Å². The minimum atomic E-state index is -0.475. The third-order valence-corrected chi connectivity index (χ3v) is 3.00. The quantitative estimate of drug-likeness (QED) is 0.846. The highest BCUT2D eigenvalue weighted by molar-refractivity contribution is 5.72. The summed E-state index contributed by atoms with van der Waals surface area (Å²) in [6.45, 7) is 0. The third kappa shape index (κ3) is 4.47. The molecule has 0 unspecified atom stereocenters. The van der Waals surface area contributed by atoms with Gasteiger partial charge in [0.1, 0.15) is 0 Å². The van der Waals surface area contributed by atoms with Crippen molar-refractivity contribution >= 4 is 6.03 Å². The second kappa shape index (κ2) is 6.59. The Balaban J connectivity index is 2.06. The van der Waals surface area contributed by atoms with Crippen LogP contribution in [-0.2, 0) is 12.8 Å². The summed E-state index contributed by atoms with van der Waals surface area (Å²) in [5.74, 6) is 0. The van der Waals surface area contributed by atoms with Crippen LogP contribution in [0, 0.1) is 0 Å².